The van der Waals surface area contributed by atoms with Gasteiger partial charge >= 0.3 is 0 Å². The molecule has 2 amide bonds. The van der Waals surface area contributed by atoms with Gasteiger partial charge in [0.05, 0.1) is 12.2 Å². The minimum Gasteiger partial charge on any atom is -0.352 e. The van der Waals surface area contributed by atoms with E-state index >= 15 is 0 Å². The lowest BCUT2D eigenvalue weighted by Crippen LogP contribution is -2.24. The van der Waals surface area contributed by atoms with Gasteiger partial charge in [0.15, 0.2) is 0 Å². The fraction of sp³-hybridized carbons (Fsp3) is 0.476. The van der Waals surface area contributed by atoms with E-state index in [9.17, 15) is 18.4 Å². The second kappa shape index (κ2) is 16.2. The van der Waals surface area contributed by atoms with Gasteiger partial charge in [0.25, 0.3) is 0 Å². The number of halogens is 2. The summed E-state index contributed by atoms with van der Waals surface area (Å²) in [6.45, 7) is 13.0. The Balaban J connectivity index is 0. The number of aryl methyl sites for hydroxylation is 1. The minimum atomic E-state index is -0.647. The van der Waals surface area contributed by atoms with Crippen LogP contribution in [0.2, 0.25) is 0 Å². The summed E-state index contributed by atoms with van der Waals surface area (Å²) in [7, 11) is 1.84. The van der Waals surface area contributed by atoms with Crippen molar-refractivity contribution in [2.45, 2.75) is 61.1 Å². The van der Waals surface area contributed by atoms with Crippen LogP contribution in [-0.4, -0.2) is 21.6 Å². The van der Waals surface area contributed by atoms with Gasteiger partial charge < -0.3 is 10.6 Å². The average Bonchev–Trinajstić information content (AvgIpc) is 3.08. The first-order chi connectivity index (χ1) is 13.7. The normalized spacial score (nSPS) is 10.0. The third kappa shape index (κ3) is 13.1. The largest absolute Gasteiger partial charge is 0.352 e. The van der Waals surface area contributed by atoms with Gasteiger partial charge in [-0.25, -0.2) is 8.78 Å². The predicted octanol–water partition coefficient (Wildman–Crippen LogP) is 4.27. The third-order valence-electron chi connectivity index (χ3n) is 3.15. The maximum absolute atomic E-state index is 13.2. The maximum Gasteiger partial charge on any atom is 0.217 e. The molecule has 0 aliphatic carbocycles. The van der Waals surface area contributed by atoms with Crippen LogP contribution in [0, 0.1) is 11.6 Å². The Hall–Kier alpha value is -2.77. The summed E-state index contributed by atoms with van der Waals surface area (Å²) in [5, 5.41) is 9.16. The van der Waals surface area contributed by atoms with Crippen molar-refractivity contribution in [3.63, 3.8) is 0 Å². The number of carbonyl (C=O) groups is 2. The highest BCUT2D eigenvalue weighted by Crippen LogP contribution is 2.17. The molecule has 29 heavy (non-hydrogen) atoms. The molecule has 6 nitrogen and oxygen atoms in total. The SMILES string of the molecule is CC.CC.CC(=O)NC(C)c1ccc(F)cc1F.CC(=O)NCc1cnn(C)c1. The minimum absolute atomic E-state index is 0.0196. The Morgan fingerprint density at radius 1 is 1.10 bits per heavy atom. The van der Waals surface area contributed by atoms with Crippen molar-refractivity contribution >= 4 is 11.8 Å². The first-order valence-corrected chi connectivity index (χ1v) is 9.63. The van der Waals surface area contributed by atoms with Crippen LogP contribution in [0.3, 0.4) is 0 Å². The van der Waals surface area contributed by atoms with Gasteiger partial charge in [-0.3, -0.25) is 14.3 Å². The van der Waals surface area contributed by atoms with E-state index in [0.717, 1.165) is 17.7 Å². The van der Waals surface area contributed by atoms with Crippen molar-refractivity contribution in [2.75, 3.05) is 0 Å². The summed E-state index contributed by atoms with van der Waals surface area (Å²) in [5.74, 6) is -1.54. The Kier molecular flexibility index (Phi) is 15.9. The van der Waals surface area contributed by atoms with E-state index in [-0.39, 0.29) is 17.4 Å². The molecule has 1 heterocycles. The van der Waals surface area contributed by atoms with Crippen molar-refractivity contribution in [2.24, 2.45) is 7.05 Å². The van der Waals surface area contributed by atoms with Crippen molar-refractivity contribution in [3.8, 4) is 0 Å². The number of hydrogen-bond donors (Lipinski definition) is 2. The second-order valence-electron chi connectivity index (χ2n) is 5.52. The number of aromatic nitrogens is 2. The highest BCUT2D eigenvalue weighted by atomic mass is 19.1. The molecule has 2 N–H and O–H groups in total. The molecule has 0 radical (unpaired) electrons. The van der Waals surface area contributed by atoms with Gasteiger partial charge in [-0.15, -0.1) is 0 Å². The van der Waals surface area contributed by atoms with E-state index < -0.39 is 17.7 Å². The number of benzene rings is 1. The molecule has 0 aliphatic heterocycles. The number of hydrogen-bond acceptors (Lipinski definition) is 3. The molecule has 1 aromatic carbocycles. The lowest BCUT2D eigenvalue weighted by atomic mass is 10.1. The summed E-state index contributed by atoms with van der Waals surface area (Å²) in [5.41, 5.74) is 1.30. The molecule has 1 unspecified atom stereocenters. The topological polar surface area (TPSA) is 76.0 Å². The standard InChI is InChI=1S/C10H11F2NO.C7H11N3O.2C2H6/c1-6(13-7(2)14)9-4-3-8(11)5-10(9)12;1-6(11)8-3-7-4-9-10(2)5-7;2*1-2/h3-6H,1-2H3,(H,13,14);4-5H,3H2,1-2H3,(H,8,11);2*1-2H3. The van der Waals surface area contributed by atoms with Crippen molar-refractivity contribution in [3.05, 3.63) is 53.4 Å². The summed E-state index contributed by atoms with van der Waals surface area (Å²) in [6, 6.07) is 2.84. The average molecular weight is 413 g/mol. The van der Waals surface area contributed by atoms with Crippen LogP contribution in [-0.2, 0) is 23.2 Å². The Bertz CT molecular complexity index is 733. The van der Waals surface area contributed by atoms with E-state index in [1.165, 1.54) is 19.9 Å². The zero-order valence-electron chi connectivity index (χ0n) is 18.6. The van der Waals surface area contributed by atoms with Gasteiger partial charge in [-0.1, -0.05) is 33.8 Å². The summed E-state index contributed by atoms with van der Waals surface area (Å²) in [6.07, 6.45) is 3.60. The Morgan fingerprint density at radius 3 is 2.10 bits per heavy atom. The van der Waals surface area contributed by atoms with E-state index in [2.05, 4.69) is 15.7 Å². The Labute approximate surface area is 172 Å². The molecule has 8 heteroatoms. The zero-order valence-corrected chi connectivity index (χ0v) is 18.6. The van der Waals surface area contributed by atoms with Gasteiger partial charge in [0.1, 0.15) is 11.6 Å². The molecular weight excluding hydrogens is 378 g/mol. The molecule has 0 fully saturated rings. The summed E-state index contributed by atoms with van der Waals surface area (Å²) < 4.78 is 27.4. The number of carbonyl (C=O) groups excluding carboxylic acids is 2. The van der Waals surface area contributed by atoms with E-state index in [4.69, 9.17) is 0 Å². The lowest BCUT2D eigenvalue weighted by molar-refractivity contribution is -0.120. The summed E-state index contributed by atoms with van der Waals surface area (Å²) in [4.78, 5) is 21.2. The number of nitrogens with one attached hydrogen (secondary N) is 2. The third-order valence-corrected chi connectivity index (χ3v) is 3.15. The van der Waals surface area contributed by atoms with E-state index in [1.54, 1.807) is 17.8 Å². The van der Waals surface area contributed by atoms with Crippen LogP contribution < -0.4 is 10.6 Å². The fourth-order valence-corrected chi connectivity index (χ4v) is 2.03. The predicted molar refractivity (Wildman–Crippen MR) is 112 cm³/mol. The molecule has 0 saturated heterocycles. The smallest absolute Gasteiger partial charge is 0.217 e. The maximum atomic E-state index is 13.2. The van der Waals surface area contributed by atoms with Gasteiger partial charge in [-0.2, -0.15) is 5.10 Å². The van der Waals surface area contributed by atoms with E-state index in [1.807, 2.05) is 40.9 Å². The molecule has 2 aromatic rings. The quantitative estimate of drug-likeness (QED) is 0.787. The monoisotopic (exact) mass is 412 g/mol. The highest BCUT2D eigenvalue weighted by molar-refractivity contribution is 5.73. The second-order valence-corrected chi connectivity index (χ2v) is 5.52. The molecule has 1 aromatic heterocycles. The molecule has 0 aliphatic rings. The van der Waals surface area contributed by atoms with Crippen molar-refractivity contribution in [1.29, 1.82) is 0 Å². The van der Waals surface area contributed by atoms with E-state index in [0.29, 0.717) is 6.54 Å². The highest BCUT2D eigenvalue weighted by Gasteiger charge is 2.11. The fourth-order valence-electron chi connectivity index (χ4n) is 2.03. The van der Waals surface area contributed by atoms with Crippen LogP contribution in [0.1, 0.15) is 65.6 Å². The van der Waals surface area contributed by atoms with Crippen LogP contribution in [0.15, 0.2) is 30.6 Å². The first kappa shape index (κ1) is 28.4. The lowest BCUT2D eigenvalue weighted by Gasteiger charge is -2.13. The number of nitrogens with zero attached hydrogens (tertiary/aromatic N) is 2. The van der Waals surface area contributed by atoms with Crippen LogP contribution in [0.25, 0.3) is 0 Å². The molecule has 164 valence electrons. The molecule has 1 atom stereocenters. The van der Waals surface area contributed by atoms with Crippen molar-refractivity contribution in [1.82, 2.24) is 20.4 Å². The van der Waals surface area contributed by atoms with Crippen LogP contribution in [0.5, 0.6) is 0 Å². The number of amides is 2. The zero-order chi connectivity index (χ0) is 23.0. The molecule has 0 bridgehead atoms. The van der Waals surface area contributed by atoms with Crippen LogP contribution in [0.4, 0.5) is 8.78 Å². The summed E-state index contributed by atoms with van der Waals surface area (Å²) >= 11 is 0. The Morgan fingerprint density at radius 2 is 1.69 bits per heavy atom. The van der Waals surface area contributed by atoms with Crippen LogP contribution >= 0.6 is 0 Å². The van der Waals surface area contributed by atoms with Crippen molar-refractivity contribution < 1.29 is 18.4 Å². The molecule has 0 spiro atoms. The first-order valence-electron chi connectivity index (χ1n) is 9.63. The van der Waals surface area contributed by atoms with Gasteiger partial charge in [-0.05, 0) is 13.0 Å². The molecule has 0 saturated carbocycles. The molecular formula is C21H34F2N4O2. The molecule has 2 rings (SSSR count). The number of rotatable bonds is 4. The van der Waals surface area contributed by atoms with Gasteiger partial charge in [0.2, 0.25) is 11.8 Å². The van der Waals surface area contributed by atoms with Gasteiger partial charge in [0, 0.05) is 50.8 Å².